The van der Waals surface area contributed by atoms with E-state index in [0.717, 1.165) is 12.8 Å². The fourth-order valence-electron chi connectivity index (χ4n) is 1.60. The number of anilines is 1. The Hall–Kier alpha value is -1.95. The molecule has 0 fully saturated rings. The number of hydrogen-bond acceptors (Lipinski definition) is 4. The Morgan fingerprint density at radius 2 is 2.17 bits per heavy atom. The fourth-order valence-corrected chi connectivity index (χ4v) is 1.60. The van der Waals surface area contributed by atoms with E-state index in [1.165, 1.54) is 6.07 Å². The number of hydrogen-bond donors (Lipinski definition) is 2. The van der Waals surface area contributed by atoms with Gasteiger partial charge in [-0.15, -0.1) is 0 Å². The molecular formula is C12H17N3O3. The van der Waals surface area contributed by atoms with E-state index in [2.05, 4.69) is 5.32 Å². The van der Waals surface area contributed by atoms with Crippen LogP contribution in [0.2, 0.25) is 0 Å². The zero-order chi connectivity index (χ0) is 13.5. The van der Waals surface area contributed by atoms with Gasteiger partial charge in [0.25, 0.3) is 5.69 Å². The molecule has 0 atom stereocenters. The quantitative estimate of drug-likeness (QED) is 0.458. The maximum Gasteiger partial charge on any atom is 0.274 e. The van der Waals surface area contributed by atoms with Crippen LogP contribution in [0.25, 0.3) is 0 Å². The molecule has 1 aromatic rings. The van der Waals surface area contributed by atoms with Crippen LogP contribution in [0.4, 0.5) is 11.4 Å². The number of unbranched alkanes of at least 4 members (excludes halogenated alkanes) is 1. The first-order valence-electron chi connectivity index (χ1n) is 5.80. The van der Waals surface area contributed by atoms with Gasteiger partial charge >= 0.3 is 0 Å². The topological polar surface area (TPSA) is 98.3 Å². The van der Waals surface area contributed by atoms with Crippen LogP contribution in [0.15, 0.2) is 18.2 Å². The number of rotatable bonds is 6. The maximum absolute atomic E-state index is 11.6. The van der Waals surface area contributed by atoms with Gasteiger partial charge in [-0.3, -0.25) is 14.9 Å². The average Bonchev–Trinajstić information content (AvgIpc) is 2.32. The number of nitro benzene ring substituents is 1. The summed E-state index contributed by atoms with van der Waals surface area (Å²) in [5.74, 6) is -0.146. The summed E-state index contributed by atoms with van der Waals surface area (Å²) in [6.45, 7) is 2.18. The molecule has 0 spiro atoms. The van der Waals surface area contributed by atoms with E-state index in [0.29, 0.717) is 24.2 Å². The van der Waals surface area contributed by atoms with Crippen LogP contribution in [0.1, 0.15) is 24.8 Å². The SMILES string of the molecule is Cc1c(NC(=O)CCCCN)cccc1[N+](=O)[O-]. The summed E-state index contributed by atoms with van der Waals surface area (Å²) in [6, 6.07) is 4.63. The number of nitrogens with two attached hydrogens (primary N) is 1. The van der Waals surface area contributed by atoms with Gasteiger partial charge < -0.3 is 11.1 Å². The van der Waals surface area contributed by atoms with Gasteiger partial charge in [0.1, 0.15) is 0 Å². The zero-order valence-electron chi connectivity index (χ0n) is 10.3. The first-order chi connectivity index (χ1) is 8.56. The highest BCUT2D eigenvalue weighted by molar-refractivity contribution is 5.92. The largest absolute Gasteiger partial charge is 0.330 e. The molecular weight excluding hydrogens is 234 g/mol. The molecule has 0 unspecified atom stereocenters. The smallest absolute Gasteiger partial charge is 0.274 e. The van der Waals surface area contributed by atoms with E-state index in [4.69, 9.17) is 5.73 Å². The zero-order valence-corrected chi connectivity index (χ0v) is 10.3. The third-order valence-electron chi connectivity index (χ3n) is 2.63. The molecule has 0 aliphatic rings. The Kier molecular flexibility index (Phi) is 5.26. The van der Waals surface area contributed by atoms with Crippen molar-refractivity contribution < 1.29 is 9.72 Å². The van der Waals surface area contributed by atoms with Crippen LogP contribution in [0, 0.1) is 17.0 Å². The van der Waals surface area contributed by atoms with Gasteiger partial charge in [0, 0.05) is 12.5 Å². The number of carbonyl (C=O) groups excluding carboxylic acids is 1. The Labute approximate surface area is 105 Å². The van der Waals surface area contributed by atoms with E-state index in [1.54, 1.807) is 19.1 Å². The molecule has 6 heteroatoms. The number of nitrogens with zero attached hydrogens (tertiary/aromatic N) is 1. The Morgan fingerprint density at radius 3 is 2.78 bits per heavy atom. The summed E-state index contributed by atoms with van der Waals surface area (Å²) in [5.41, 5.74) is 6.30. The van der Waals surface area contributed by atoms with Crippen LogP contribution in [0.5, 0.6) is 0 Å². The molecule has 18 heavy (non-hydrogen) atoms. The van der Waals surface area contributed by atoms with Crippen molar-refractivity contribution in [1.29, 1.82) is 0 Å². The molecule has 0 radical (unpaired) electrons. The molecule has 0 bridgehead atoms. The molecule has 6 nitrogen and oxygen atoms in total. The highest BCUT2D eigenvalue weighted by Crippen LogP contribution is 2.25. The molecule has 1 rings (SSSR count). The summed E-state index contributed by atoms with van der Waals surface area (Å²) in [4.78, 5) is 21.9. The lowest BCUT2D eigenvalue weighted by atomic mass is 10.1. The van der Waals surface area contributed by atoms with Gasteiger partial charge in [0.15, 0.2) is 0 Å². The molecule has 0 aliphatic heterocycles. The maximum atomic E-state index is 11.6. The number of nitro groups is 1. The first-order valence-corrected chi connectivity index (χ1v) is 5.80. The van der Waals surface area contributed by atoms with Crippen molar-refractivity contribution >= 4 is 17.3 Å². The highest BCUT2D eigenvalue weighted by Gasteiger charge is 2.14. The van der Waals surface area contributed by atoms with E-state index >= 15 is 0 Å². The van der Waals surface area contributed by atoms with Crippen molar-refractivity contribution in [1.82, 2.24) is 0 Å². The minimum atomic E-state index is -0.459. The molecule has 0 saturated heterocycles. The molecule has 0 saturated carbocycles. The monoisotopic (exact) mass is 251 g/mol. The van der Waals surface area contributed by atoms with Crippen molar-refractivity contribution in [2.24, 2.45) is 5.73 Å². The molecule has 98 valence electrons. The first kappa shape index (κ1) is 14.1. The summed E-state index contributed by atoms with van der Waals surface area (Å²) >= 11 is 0. The van der Waals surface area contributed by atoms with Gasteiger partial charge in [0.2, 0.25) is 5.91 Å². The Bertz CT molecular complexity index is 446. The summed E-state index contributed by atoms with van der Waals surface area (Å²) < 4.78 is 0. The molecule has 0 aliphatic carbocycles. The standard InChI is InChI=1S/C12H17N3O3/c1-9-10(5-4-6-11(9)15(17)18)14-12(16)7-2-3-8-13/h4-6H,2-3,7-8,13H2,1H3,(H,14,16). The lowest BCUT2D eigenvalue weighted by Gasteiger charge is -2.08. The molecule has 3 N–H and O–H groups in total. The van der Waals surface area contributed by atoms with Gasteiger partial charge in [-0.1, -0.05) is 6.07 Å². The van der Waals surface area contributed by atoms with Crippen molar-refractivity contribution in [2.75, 3.05) is 11.9 Å². The highest BCUT2D eigenvalue weighted by atomic mass is 16.6. The second-order valence-electron chi connectivity index (χ2n) is 4.00. The molecule has 0 heterocycles. The van der Waals surface area contributed by atoms with Crippen molar-refractivity contribution in [2.45, 2.75) is 26.2 Å². The molecule has 0 aromatic heterocycles. The van der Waals surface area contributed by atoms with E-state index in [-0.39, 0.29) is 11.6 Å². The van der Waals surface area contributed by atoms with Gasteiger partial charge in [-0.05, 0) is 32.4 Å². The lowest BCUT2D eigenvalue weighted by Crippen LogP contribution is -2.13. The van der Waals surface area contributed by atoms with Crippen LogP contribution < -0.4 is 11.1 Å². The van der Waals surface area contributed by atoms with Crippen LogP contribution in [-0.4, -0.2) is 17.4 Å². The van der Waals surface area contributed by atoms with Gasteiger partial charge in [0.05, 0.1) is 16.2 Å². The van der Waals surface area contributed by atoms with Crippen molar-refractivity contribution in [3.63, 3.8) is 0 Å². The number of nitrogens with one attached hydrogen (secondary N) is 1. The molecule has 1 amide bonds. The number of amides is 1. The second-order valence-corrected chi connectivity index (χ2v) is 4.00. The van der Waals surface area contributed by atoms with E-state index in [9.17, 15) is 14.9 Å². The van der Waals surface area contributed by atoms with E-state index in [1.807, 2.05) is 0 Å². The van der Waals surface area contributed by atoms with E-state index < -0.39 is 4.92 Å². The normalized spacial score (nSPS) is 10.1. The average molecular weight is 251 g/mol. The predicted octanol–water partition coefficient (Wildman–Crippen LogP) is 1.97. The van der Waals surface area contributed by atoms with Crippen molar-refractivity contribution in [3.8, 4) is 0 Å². The van der Waals surface area contributed by atoms with Gasteiger partial charge in [-0.25, -0.2) is 0 Å². The Morgan fingerprint density at radius 1 is 1.44 bits per heavy atom. The minimum absolute atomic E-state index is 0.00904. The molecule has 1 aromatic carbocycles. The second kappa shape index (κ2) is 6.70. The summed E-state index contributed by atoms with van der Waals surface area (Å²) in [5, 5.41) is 13.4. The van der Waals surface area contributed by atoms with Crippen LogP contribution in [0.3, 0.4) is 0 Å². The van der Waals surface area contributed by atoms with Crippen molar-refractivity contribution in [3.05, 3.63) is 33.9 Å². The fraction of sp³-hybridized carbons (Fsp3) is 0.417. The lowest BCUT2D eigenvalue weighted by molar-refractivity contribution is -0.385. The van der Waals surface area contributed by atoms with Gasteiger partial charge in [-0.2, -0.15) is 0 Å². The predicted molar refractivity (Wildman–Crippen MR) is 69.4 cm³/mol. The number of benzene rings is 1. The number of carbonyl (C=O) groups is 1. The third-order valence-corrected chi connectivity index (χ3v) is 2.63. The van der Waals surface area contributed by atoms with Crippen LogP contribution >= 0.6 is 0 Å². The minimum Gasteiger partial charge on any atom is -0.330 e. The third kappa shape index (κ3) is 3.81. The Balaban J connectivity index is 2.70. The summed E-state index contributed by atoms with van der Waals surface area (Å²) in [6.07, 6.45) is 1.89. The summed E-state index contributed by atoms with van der Waals surface area (Å²) in [7, 11) is 0. The van der Waals surface area contributed by atoms with Crippen LogP contribution in [-0.2, 0) is 4.79 Å².